The summed E-state index contributed by atoms with van der Waals surface area (Å²) in [5.74, 6) is -0.0714. The molecule has 2 heterocycles. The van der Waals surface area contributed by atoms with Crippen LogP contribution in [0.5, 0.6) is 0 Å². The minimum absolute atomic E-state index is 0.216. The van der Waals surface area contributed by atoms with Crippen molar-refractivity contribution in [2.75, 3.05) is 5.32 Å². The van der Waals surface area contributed by atoms with E-state index in [4.69, 9.17) is 11.6 Å². The van der Waals surface area contributed by atoms with Gasteiger partial charge in [-0.15, -0.1) is 5.10 Å². The molecule has 0 aliphatic heterocycles. The summed E-state index contributed by atoms with van der Waals surface area (Å²) in [5.41, 5.74) is 2.96. The summed E-state index contributed by atoms with van der Waals surface area (Å²) in [6.45, 7) is 1.18. The van der Waals surface area contributed by atoms with Gasteiger partial charge >= 0.3 is 0 Å². The molecule has 0 saturated heterocycles. The zero-order valence-electron chi connectivity index (χ0n) is 17.0. The van der Waals surface area contributed by atoms with Crippen molar-refractivity contribution in [3.63, 3.8) is 0 Å². The van der Waals surface area contributed by atoms with Crippen LogP contribution < -0.4 is 10.6 Å². The van der Waals surface area contributed by atoms with Crippen molar-refractivity contribution >= 4 is 23.3 Å². The van der Waals surface area contributed by atoms with Gasteiger partial charge in [-0.1, -0.05) is 41.1 Å². The number of anilines is 1. The number of benzene rings is 2. The predicted molar refractivity (Wildman–Crippen MR) is 120 cm³/mol. The molecule has 2 aromatic carbocycles. The summed E-state index contributed by atoms with van der Waals surface area (Å²) >= 11 is 5.92. The molecule has 0 aliphatic rings. The van der Waals surface area contributed by atoms with E-state index in [1.807, 2.05) is 24.3 Å². The predicted octanol–water partition coefficient (Wildman–Crippen LogP) is 4.06. The van der Waals surface area contributed by atoms with Gasteiger partial charge in [-0.3, -0.25) is 4.79 Å². The molecule has 0 radical (unpaired) electrons. The third kappa shape index (κ3) is 5.67. The maximum Gasteiger partial charge on any atom is 0.255 e. The van der Waals surface area contributed by atoms with Crippen molar-refractivity contribution in [1.29, 1.82) is 0 Å². The monoisotopic (exact) mass is 450 g/mol. The Morgan fingerprint density at radius 3 is 2.53 bits per heavy atom. The first kappa shape index (κ1) is 21.5. The minimum Gasteiger partial charge on any atom is -0.365 e. The van der Waals surface area contributed by atoms with Crippen LogP contribution in [0, 0.1) is 5.82 Å². The maximum atomic E-state index is 13.0. The number of nitrogens with one attached hydrogen (secondary N) is 2. The van der Waals surface area contributed by atoms with Crippen LogP contribution in [-0.2, 0) is 19.6 Å². The van der Waals surface area contributed by atoms with Crippen LogP contribution in [0.15, 0.2) is 73.1 Å². The fourth-order valence-electron chi connectivity index (χ4n) is 3.06. The first-order chi connectivity index (χ1) is 15.6. The second-order valence-electron chi connectivity index (χ2n) is 7.10. The molecule has 1 amide bonds. The number of carbonyl (C=O) groups excluding carboxylic acids is 1. The van der Waals surface area contributed by atoms with Crippen LogP contribution in [0.2, 0.25) is 5.02 Å². The topological polar surface area (TPSA) is 84.7 Å². The highest BCUT2D eigenvalue weighted by atomic mass is 35.5. The average molecular weight is 451 g/mol. The number of amides is 1. The van der Waals surface area contributed by atoms with E-state index in [2.05, 4.69) is 25.9 Å². The van der Waals surface area contributed by atoms with Crippen LogP contribution in [0.25, 0.3) is 0 Å². The van der Waals surface area contributed by atoms with Crippen molar-refractivity contribution in [2.24, 2.45) is 0 Å². The number of nitrogens with zero attached hydrogens (tertiary/aromatic N) is 4. The highest BCUT2D eigenvalue weighted by Gasteiger charge is 2.13. The summed E-state index contributed by atoms with van der Waals surface area (Å²) in [4.78, 5) is 17.0. The molecule has 2 N–H and O–H groups in total. The van der Waals surface area contributed by atoms with E-state index < -0.39 is 0 Å². The number of hydrogen-bond acceptors (Lipinski definition) is 5. The number of aromatic nitrogens is 4. The second-order valence-corrected chi connectivity index (χ2v) is 7.53. The molecule has 4 rings (SSSR count). The van der Waals surface area contributed by atoms with Gasteiger partial charge in [0.05, 0.1) is 24.8 Å². The summed E-state index contributed by atoms with van der Waals surface area (Å²) in [7, 11) is 0. The van der Waals surface area contributed by atoms with Gasteiger partial charge in [0.15, 0.2) is 0 Å². The third-order valence-electron chi connectivity index (χ3n) is 4.70. The van der Waals surface area contributed by atoms with Gasteiger partial charge in [0.25, 0.3) is 5.91 Å². The fraction of sp³-hybridized carbons (Fsp3) is 0.130. The molecule has 4 aromatic rings. The molecular formula is C23H20ClFN6O. The Hall–Kier alpha value is -3.78. The van der Waals surface area contributed by atoms with E-state index in [1.165, 1.54) is 12.1 Å². The number of rotatable bonds is 8. The van der Waals surface area contributed by atoms with E-state index >= 15 is 0 Å². The smallest absolute Gasteiger partial charge is 0.255 e. The van der Waals surface area contributed by atoms with Crippen molar-refractivity contribution in [2.45, 2.75) is 19.6 Å². The van der Waals surface area contributed by atoms with Crippen LogP contribution in [0.3, 0.4) is 0 Å². The van der Waals surface area contributed by atoms with Crippen LogP contribution in [-0.4, -0.2) is 25.9 Å². The van der Waals surface area contributed by atoms with Crippen molar-refractivity contribution in [1.82, 2.24) is 25.3 Å². The summed E-state index contributed by atoms with van der Waals surface area (Å²) in [6.07, 6.45) is 3.37. The largest absolute Gasteiger partial charge is 0.365 e. The van der Waals surface area contributed by atoms with E-state index in [0.717, 1.165) is 11.1 Å². The highest BCUT2D eigenvalue weighted by molar-refractivity contribution is 6.30. The second kappa shape index (κ2) is 10.0. The zero-order chi connectivity index (χ0) is 22.3. The van der Waals surface area contributed by atoms with Gasteiger partial charge in [-0.2, -0.15) is 0 Å². The van der Waals surface area contributed by atoms with E-state index in [9.17, 15) is 9.18 Å². The highest BCUT2D eigenvalue weighted by Crippen LogP contribution is 2.15. The average Bonchev–Trinajstić information content (AvgIpc) is 3.26. The Balaban J connectivity index is 1.34. The Bertz CT molecular complexity index is 1190. The SMILES string of the molecule is O=C(NCc1cn(Cc2ccc(F)cc2)nn1)c1cccnc1NCc1ccc(Cl)cc1. The van der Waals surface area contributed by atoms with Crippen LogP contribution in [0.1, 0.15) is 27.2 Å². The molecule has 9 heteroatoms. The number of halogens is 2. The Morgan fingerprint density at radius 2 is 1.75 bits per heavy atom. The molecule has 0 saturated carbocycles. The standard InChI is InChI=1S/C23H20ClFN6O/c24-18-7-3-16(4-8-18)12-27-22-21(2-1-11-26-22)23(32)28-13-20-15-31(30-29-20)14-17-5-9-19(25)10-6-17/h1-11,15H,12-14H2,(H,26,27)(H,28,32). The molecule has 0 spiro atoms. The van der Waals surface area contributed by atoms with Gasteiger partial charge in [0.2, 0.25) is 0 Å². The zero-order valence-corrected chi connectivity index (χ0v) is 17.8. The van der Waals surface area contributed by atoms with Gasteiger partial charge in [-0.25, -0.2) is 14.1 Å². The molecule has 7 nitrogen and oxygen atoms in total. The van der Waals surface area contributed by atoms with Crippen molar-refractivity contribution in [3.05, 3.63) is 106 Å². The molecule has 0 unspecified atom stereocenters. The van der Waals surface area contributed by atoms with Crippen LogP contribution >= 0.6 is 11.6 Å². The molecular weight excluding hydrogens is 431 g/mol. The molecule has 0 bridgehead atoms. The number of hydrogen-bond donors (Lipinski definition) is 2. The minimum atomic E-state index is -0.284. The molecule has 2 aromatic heterocycles. The van der Waals surface area contributed by atoms with Gasteiger partial charge in [0.1, 0.15) is 17.3 Å². The van der Waals surface area contributed by atoms with E-state index in [1.54, 1.807) is 41.3 Å². The fourth-order valence-corrected chi connectivity index (χ4v) is 3.18. The summed E-state index contributed by atoms with van der Waals surface area (Å²) in [6, 6.07) is 17.1. The number of pyridine rings is 1. The van der Waals surface area contributed by atoms with Crippen LogP contribution in [0.4, 0.5) is 10.2 Å². The Morgan fingerprint density at radius 1 is 1.00 bits per heavy atom. The molecule has 162 valence electrons. The molecule has 0 aliphatic carbocycles. The van der Waals surface area contributed by atoms with E-state index in [-0.39, 0.29) is 18.3 Å². The lowest BCUT2D eigenvalue weighted by molar-refractivity contribution is 0.0951. The molecule has 0 fully saturated rings. The number of carbonyl (C=O) groups is 1. The summed E-state index contributed by atoms with van der Waals surface area (Å²) < 4.78 is 14.7. The van der Waals surface area contributed by atoms with Crippen molar-refractivity contribution < 1.29 is 9.18 Å². The van der Waals surface area contributed by atoms with Crippen molar-refractivity contribution in [3.8, 4) is 0 Å². The summed E-state index contributed by atoms with van der Waals surface area (Å²) in [5, 5.41) is 14.8. The lowest BCUT2D eigenvalue weighted by atomic mass is 10.2. The lowest BCUT2D eigenvalue weighted by Gasteiger charge is -2.11. The lowest BCUT2D eigenvalue weighted by Crippen LogP contribution is -2.24. The van der Waals surface area contributed by atoms with Gasteiger partial charge < -0.3 is 10.6 Å². The third-order valence-corrected chi connectivity index (χ3v) is 4.95. The normalized spacial score (nSPS) is 10.7. The first-order valence-electron chi connectivity index (χ1n) is 9.92. The molecule has 0 atom stereocenters. The Labute approximate surface area is 189 Å². The van der Waals surface area contributed by atoms with Gasteiger partial charge in [0, 0.05) is 17.8 Å². The van der Waals surface area contributed by atoms with E-state index in [0.29, 0.717) is 35.2 Å². The maximum absolute atomic E-state index is 13.0. The quantitative estimate of drug-likeness (QED) is 0.423. The van der Waals surface area contributed by atoms with Gasteiger partial charge in [-0.05, 0) is 47.5 Å². The molecule has 32 heavy (non-hydrogen) atoms. The first-order valence-corrected chi connectivity index (χ1v) is 10.3. The Kier molecular flexibility index (Phi) is 6.72.